The van der Waals surface area contributed by atoms with E-state index in [0.717, 1.165) is 30.9 Å². The van der Waals surface area contributed by atoms with E-state index in [1.54, 1.807) is 0 Å². The number of hydrogen-bond acceptors (Lipinski definition) is 3. The van der Waals surface area contributed by atoms with Gasteiger partial charge in [0, 0.05) is 17.2 Å². The minimum Gasteiger partial charge on any atom is -0.397 e. The zero-order chi connectivity index (χ0) is 11.3. The largest absolute Gasteiger partial charge is 0.397 e. The van der Waals surface area contributed by atoms with Gasteiger partial charge in [0.1, 0.15) is 0 Å². The Bertz CT molecular complexity index is 315. The van der Waals surface area contributed by atoms with Crippen LogP contribution in [0.25, 0.3) is 0 Å². The SMILES string of the molecule is CNCCCN(C)c1ccc(I)cc1N. The predicted molar refractivity (Wildman–Crippen MR) is 75.4 cm³/mol. The zero-order valence-electron chi connectivity index (χ0n) is 9.26. The molecule has 15 heavy (non-hydrogen) atoms. The smallest absolute Gasteiger partial charge is 0.0598 e. The fourth-order valence-corrected chi connectivity index (χ4v) is 2.00. The molecule has 0 amide bonds. The summed E-state index contributed by atoms with van der Waals surface area (Å²) in [6.07, 6.45) is 1.12. The molecular formula is C11H18IN3. The summed E-state index contributed by atoms with van der Waals surface area (Å²) in [5.74, 6) is 0. The molecule has 1 aromatic rings. The van der Waals surface area contributed by atoms with Crippen LogP contribution < -0.4 is 16.0 Å². The second-order valence-corrected chi connectivity index (χ2v) is 4.83. The zero-order valence-corrected chi connectivity index (χ0v) is 11.4. The van der Waals surface area contributed by atoms with Crippen LogP contribution in [0.5, 0.6) is 0 Å². The van der Waals surface area contributed by atoms with Crippen molar-refractivity contribution in [3.63, 3.8) is 0 Å². The quantitative estimate of drug-likeness (QED) is 0.495. The molecular weight excluding hydrogens is 301 g/mol. The van der Waals surface area contributed by atoms with E-state index in [0.29, 0.717) is 0 Å². The average Bonchev–Trinajstić information content (AvgIpc) is 2.17. The molecule has 3 N–H and O–H groups in total. The maximum absolute atomic E-state index is 5.96. The van der Waals surface area contributed by atoms with Crippen LogP contribution in [0.2, 0.25) is 0 Å². The van der Waals surface area contributed by atoms with Crippen molar-refractivity contribution in [1.29, 1.82) is 0 Å². The van der Waals surface area contributed by atoms with Crippen molar-refractivity contribution in [1.82, 2.24) is 5.32 Å². The van der Waals surface area contributed by atoms with Gasteiger partial charge >= 0.3 is 0 Å². The number of nitrogens with one attached hydrogen (secondary N) is 1. The fourth-order valence-electron chi connectivity index (χ4n) is 1.49. The number of nitrogens with two attached hydrogens (primary N) is 1. The van der Waals surface area contributed by atoms with Gasteiger partial charge in [-0.1, -0.05) is 0 Å². The molecule has 0 fully saturated rings. The monoisotopic (exact) mass is 319 g/mol. The Balaban J connectivity index is 2.61. The number of rotatable bonds is 5. The number of nitrogen functional groups attached to an aromatic ring is 1. The minimum atomic E-state index is 0.855. The molecule has 0 aliphatic rings. The van der Waals surface area contributed by atoms with Gasteiger partial charge < -0.3 is 16.0 Å². The van der Waals surface area contributed by atoms with Crippen LogP contribution in [-0.2, 0) is 0 Å². The van der Waals surface area contributed by atoms with E-state index >= 15 is 0 Å². The molecule has 0 atom stereocenters. The van der Waals surface area contributed by atoms with Crippen molar-refractivity contribution in [2.75, 3.05) is 37.8 Å². The van der Waals surface area contributed by atoms with Gasteiger partial charge in [0.15, 0.2) is 0 Å². The third-order valence-electron chi connectivity index (χ3n) is 2.32. The summed E-state index contributed by atoms with van der Waals surface area (Å²) >= 11 is 2.27. The average molecular weight is 319 g/mol. The first-order valence-electron chi connectivity index (χ1n) is 5.06. The summed E-state index contributed by atoms with van der Waals surface area (Å²) in [4.78, 5) is 2.20. The molecule has 0 aromatic heterocycles. The molecule has 0 spiro atoms. The Labute approximate surface area is 105 Å². The van der Waals surface area contributed by atoms with E-state index in [1.165, 1.54) is 3.57 Å². The second-order valence-electron chi connectivity index (χ2n) is 3.58. The number of halogens is 1. The summed E-state index contributed by atoms with van der Waals surface area (Å²) in [6, 6.07) is 6.17. The number of hydrogen-bond donors (Lipinski definition) is 2. The lowest BCUT2D eigenvalue weighted by atomic mass is 10.2. The number of benzene rings is 1. The van der Waals surface area contributed by atoms with Crippen molar-refractivity contribution in [2.24, 2.45) is 0 Å². The normalized spacial score (nSPS) is 10.3. The molecule has 0 saturated carbocycles. The molecule has 0 radical (unpaired) electrons. The van der Waals surface area contributed by atoms with Crippen molar-refractivity contribution in [3.05, 3.63) is 21.8 Å². The molecule has 0 unspecified atom stereocenters. The number of anilines is 2. The molecule has 1 rings (SSSR count). The molecule has 3 nitrogen and oxygen atoms in total. The topological polar surface area (TPSA) is 41.3 Å². The minimum absolute atomic E-state index is 0.855. The summed E-state index contributed by atoms with van der Waals surface area (Å²) in [5, 5.41) is 3.14. The Hall–Kier alpha value is -0.490. The molecule has 84 valence electrons. The van der Waals surface area contributed by atoms with E-state index < -0.39 is 0 Å². The van der Waals surface area contributed by atoms with Gasteiger partial charge in [-0.2, -0.15) is 0 Å². The summed E-state index contributed by atoms with van der Waals surface area (Å²) in [7, 11) is 4.05. The van der Waals surface area contributed by atoms with Crippen LogP contribution in [0.15, 0.2) is 18.2 Å². The van der Waals surface area contributed by atoms with Gasteiger partial charge in [-0.3, -0.25) is 0 Å². The highest BCUT2D eigenvalue weighted by Gasteiger charge is 2.04. The molecule has 0 bridgehead atoms. The summed E-state index contributed by atoms with van der Waals surface area (Å²) in [5.41, 5.74) is 7.94. The molecule has 1 aromatic carbocycles. The number of nitrogens with zero attached hydrogens (tertiary/aromatic N) is 1. The second kappa shape index (κ2) is 6.17. The standard InChI is InChI=1S/C11H18IN3/c1-14-6-3-7-15(2)11-5-4-9(12)8-10(11)13/h4-5,8,14H,3,6-7,13H2,1-2H3. The third kappa shape index (κ3) is 3.87. The predicted octanol–water partition coefficient (Wildman–Crippen LogP) is 1.92. The van der Waals surface area contributed by atoms with Gasteiger partial charge in [-0.15, -0.1) is 0 Å². The first kappa shape index (κ1) is 12.6. The van der Waals surface area contributed by atoms with Crippen LogP contribution in [0.4, 0.5) is 11.4 Å². The van der Waals surface area contributed by atoms with E-state index in [9.17, 15) is 0 Å². The molecule has 0 aliphatic carbocycles. The fraction of sp³-hybridized carbons (Fsp3) is 0.455. The van der Waals surface area contributed by atoms with Crippen molar-refractivity contribution >= 4 is 34.0 Å². The molecule has 0 heterocycles. The van der Waals surface area contributed by atoms with Crippen molar-refractivity contribution < 1.29 is 0 Å². The van der Waals surface area contributed by atoms with E-state index in [2.05, 4.69) is 52.0 Å². The van der Waals surface area contributed by atoms with Crippen molar-refractivity contribution in [2.45, 2.75) is 6.42 Å². The molecule has 0 saturated heterocycles. The molecule has 4 heteroatoms. The van der Waals surface area contributed by atoms with Crippen molar-refractivity contribution in [3.8, 4) is 0 Å². The van der Waals surface area contributed by atoms with E-state index in [-0.39, 0.29) is 0 Å². The Morgan fingerprint density at radius 2 is 2.20 bits per heavy atom. The van der Waals surface area contributed by atoms with Gasteiger partial charge in [0.05, 0.1) is 11.4 Å². The molecule has 0 aliphatic heterocycles. The van der Waals surface area contributed by atoms with Gasteiger partial charge in [-0.05, 0) is 60.8 Å². The van der Waals surface area contributed by atoms with E-state index in [1.807, 2.05) is 13.1 Å². The summed E-state index contributed by atoms with van der Waals surface area (Å²) < 4.78 is 1.18. The van der Waals surface area contributed by atoms with Crippen LogP contribution >= 0.6 is 22.6 Å². The highest BCUT2D eigenvalue weighted by molar-refractivity contribution is 14.1. The van der Waals surface area contributed by atoms with Crippen LogP contribution in [0.3, 0.4) is 0 Å². The Kier molecular flexibility index (Phi) is 5.17. The maximum Gasteiger partial charge on any atom is 0.0598 e. The van der Waals surface area contributed by atoms with Gasteiger partial charge in [-0.25, -0.2) is 0 Å². The summed E-state index contributed by atoms with van der Waals surface area (Å²) in [6.45, 7) is 2.06. The lowest BCUT2D eigenvalue weighted by Crippen LogP contribution is -2.23. The highest BCUT2D eigenvalue weighted by atomic mass is 127. The lowest BCUT2D eigenvalue weighted by molar-refractivity contribution is 0.713. The Morgan fingerprint density at radius 3 is 2.80 bits per heavy atom. The Morgan fingerprint density at radius 1 is 1.47 bits per heavy atom. The van der Waals surface area contributed by atoms with Crippen LogP contribution in [0.1, 0.15) is 6.42 Å². The first-order valence-corrected chi connectivity index (χ1v) is 6.14. The highest BCUT2D eigenvalue weighted by Crippen LogP contribution is 2.23. The van der Waals surface area contributed by atoms with Crippen LogP contribution in [0, 0.1) is 3.57 Å². The van der Waals surface area contributed by atoms with Crippen LogP contribution in [-0.4, -0.2) is 27.2 Å². The lowest BCUT2D eigenvalue weighted by Gasteiger charge is -2.21. The maximum atomic E-state index is 5.96. The van der Waals surface area contributed by atoms with E-state index in [4.69, 9.17) is 5.73 Å². The van der Waals surface area contributed by atoms with Gasteiger partial charge in [0.25, 0.3) is 0 Å². The third-order valence-corrected chi connectivity index (χ3v) is 2.99. The van der Waals surface area contributed by atoms with Gasteiger partial charge in [0.2, 0.25) is 0 Å². The first-order chi connectivity index (χ1) is 7.15.